The SMILES string of the molecule is CC(C)(CC(=O)N1CCC(n2ccc(-c3ccccc3Cl)n2)CC1)C(N)=O. The van der Waals surface area contributed by atoms with Crippen LogP contribution in [0.15, 0.2) is 36.5 Å². The summed E-state index contributed by atoms with van der Waals surface area (Å²) < 4.78 is 1.97. The van der Waals surface area contributed by atoms with Crippen LogP contribution in [-0.2, 0) is 9.59 Å². The molecular weight excluding hydrogens is 364 g/mol. The van der Waals surface area contributed by atoms with Gasteiger partial charge in [0.2, 0.25) is 11.8 Å². The summed E-state index contributed by atoms with van der Waals surface area (Å²) in [4.78, 5) is 25.7. The lowest BCUT2D eigenvalue weighted by Crippen LogP contribution is -2.43. The molecule has 0 bridgehead atoms. The second kappa shape index (κ2) is 7.72. The lowest BCUT2D eigenvalue weighted by molar-refractivity contribution is -0.139. The van der Waals surface area contributed by atoms with Crippen LogP contribution in [0, 0.1) is 5.41 Å². The summed E-state index contributed by atoms with van der Waals surface area (Å²) in [6.45, 7) is 4.72. The number of aromatic nitrogens is 2. The standard InChI is InChI=1S/C20H25ClN4O2/c1-20(2,19(22)27)13-18(26)24-10-7-14(8-11-24)25-12-9-17(23-25)15-5-3-4-6-16(15)21/h3-6,9,12,14H,7-8,10-11,13H2,1-2H3,(H2,22,27). The van der Waals surface area contributed by atoms with Gasteiger partial charge in [-0.25, -0.2) is 0 Å². The number of halogens is 1. The molecule has 1 aromatic carbocycles. The fourth-order valence-corrected chi connectivity index (χ4v) is 3.54. The third kappa shape index (κ3) is 4.33. The van der Waals surface area contributed by atoms with Crippen molar-refractivity contribution in [2.45, 2.75) is 39.2 Å². The molecule has 1 saturated heterocycles. The van der Waals surface area contributed by atoms with Crippen molar-refractivity contribution in [1.29, 1.82) is 0 Å². The van der Waals surface area contributed by atoms with E-state index in [9.17, 15) is 9.59 Å². The van der Waals surface area contributed by atoms with E-state index in [4.69, 9.17) is 17.3 Å². The molecule has 0 unspecified atom stereocenters. The molecule has 0 saturated carbocycles. The molecule has 1 aromatic heterocycles. The maximum Gasteiger partial charge on any atom is 0.223 e. The molecular formula is C20H25ClN4O2. The van der Waals surface area contributed by atoms with Crippen molar-refractivity contribution < 1.29 is 9.59 Å². The van der Waals surface area contributed by atoms with Gasteiger partial charge in [-0.05, 0) is 25.0 Å². The number of benzene rings is 1. The van der Waals surface area contributed by atoms with Gasteiger partial charge in [0.05, 0.1) is 22.2 Å². The minimum atomic E-state index is -0.820. The summed E-state index contributed by atoms with van der Waals surface area (Å²) in [7, 11) is 0. The van der Waals surface area contributed by atoms with Gasteiger partial charge < -0.3 is 10.6 Å². The first kappa shape index (κ1) is 19.4. The first-order valence-electron chi connectivity index (χ1n) is 9.15. The van der Waals surface area contributed by atoms with Crippen LogP contribution >= 0.6 is 11.6 Å². The summed E-state index contributed by atoms with van der Waals surface area (Å²) in [6, 6.07) is 9.86. The van der Waals surface area contributed by atoms with Gasteiger partial charge >= 0.3 is 0 Å². The molecule has 6 nitrogen and oxygen atoms in total. The molecule has 2 amide bonds. The molecule has 27 heavy (non-hydrogen) atoms. The van der Waals surface area contributed by atoms with E-state index in [0.29, 0.717) is 18.1 Å². The maximum absolute atomic E-state index is 12.5. The van der Waals surface area contributed by atoms with Gasteiger partial charge in [-0.2, -0.15) is 5.10 Å². The van der Waals surface area contributed by atoms with Crippen LogP contribution in [-0.4, -0.2) is 39.6 Å². The van der Waals surface area contributed by atoms with E-state index in [0.717, 1.165) is 24.1 Å². The first-order valence-corrected chi connectivity index (χ1v) is 9.53. The van der Waals surface area contributed by atoms with E-state index in [-0.39, 0.29) is 18.4 Å². The molecule has 1 aliphatic heterocycles. The molecule has 144 valence electrons. The minimum Gasteiger partial charge on any atom is -0.369 e. The van der Waals surface area contributed by atoms with Crippen molar-refractivity contribution in [3.63, 3.8) is 0 Å². The van der Waals surface area contributed by atoms with E-state index in [1.807, 2.05) is 46.1 Å². The number of nitrogens with zero attached hydrogens (tertiary/aromatic N) is 3. The molecule has 2 heterocycles. The number of carbonyl (C=O) groups excluding carboxylic acids is 2. The first-order chi connectivity index (χ1) is 12.8. The Morgan fingerprint density at radius 3 is 2.52 bits per heavy atom. The molecule has 3 rings (SSSR count). The Hall–Kier alpha value is -2.34. The van der Waals surface area contributed by atoms with E-state index in [2.05, 4.69) is 5.10 Å². The average Bonchev–Trinajstić information content (AvgIpc) is 3.11. The van der Waals surface area contributed by atoms with Crippen molar-refractivity contribution >= 4 is 23.4 Å². The van der Waals surface area contributed by atoms with Crippen LogP contribution in [0.2, 0.25) is 5.02 Å². The van der Waals surface area contributed by atoms with Crippen molar-refractivity contribution in [2.75, 3.05) is 13.1 Å². The number of rotatable bonds is 5. The predicted octanol–water partition coefficient (Wildman–Crippen LogP) is 3.27. The number of piperidine rings is 1. The molecule has 0 atom stereocenters. The molecule has 2 N–H and O–H groups in total. The normalized spacial score (nSPS) is 15.7. The Morgan fingerprint density at radius 1 is 1.22 bits per heavy atom. The van der Waals surface area contributed by atoms with Crippen LogP contribution in [0.3, 0.4) is 0 Å². The van der Waals surface area contributed by atoms with Crippen molar-refractivity contribution in [3.8, 4) is 11.3 Å². The number of nitrogens with two attached hydrogens (primary N) is 1. The van der Waals surface area contributed by atoms with Gasteiger partial charge in [-0.3, -0.25) is 14.3 Å². The molecule has 0 aliphatic carbocycles. The highest BCUT2D eigenvalue weighted by molar-refractivity contribution is 6.33. The number of carbonyl (C=O) groups is 2. The van der Waals surface area contributed by atoms with Crippen LogP contribution in [0.25, 0.3) is 11.3 Å². The van der Waals surface area contributed by atoms with Gasteiger partial charge in [0.15, 0.2) is 0 Å². The third-order valence-corrected chi connectivity index (χ3v) is 5.54. The van der Waals surface area contributed by atoms with Gasteiger partial charge in [0.25, 0.3) is 0 Å². The van der Waals surface area contributed by atoms with Gasteiger partial charge in [0, 0.05) is 31.3 Å². The number of likely N-dealkylation sites (tertiary alicyclic amines) is 1. The molecule has 0 radical (unpaired) electrons. The highest BCUT2D eigenvalue weighted by atomic mass is 35.5. The summed E-state index contributed by atoms with van der Waals surface area (Å²) in [5.74, 6) is -0.469. The number of amides is 2. The highest BCUT2D eigenvalue weighted by Crippen LogP contribution is 2.29. The monoisotopic (exact) mass is 388 g/mol. The fourth-order valence-electron chi connectivity index (χ4n) is 3.31. The second-order valence-electron chi connectivity index (χ2n) is 7.70. The van der Waals surface area contributed by atoms with Crippen molar-refractivity contribution in [3.05, 3.63) is 41.6 Å². The Bertz CT molecular complexity index is 838. The van der Waals surface area contributed by atoms with Gasteiger partial charge in [-0.15, -0.1) is 0 Å². The minimum absolute atomic E-state index is 0.0190. The average molecular weight is 389 g/mol. The van der Waals surface area contributed by atoms with Crippen LogP contribution < -0.4 is 5.73 Å². The van der Waals surface area contributed by atoms with Gasteiger partial charge in [0.1, 0.15) is 0 Å². The molecule has 1 aliphatic rings. The Balaban J connectivity index is 1.61. The quantitative estimate of drug-likeness (QED) is 0.853. The van der Waals surface area contributed by atoms with E-state index in [1.165, 1.54) is 0 Å². The van der Waals surface area contributed by atoms with Crippen LogP contribution in [0.1, 0.15) is 39.2 Å². The van der Waals surface area contributed by atoms with Crippen molar-refractivity contribution in [2.24, 2.45) is 11.1 Å². The largest absolute Gasteiger partial charge is 0.369 e. The number of hydrogen-bond donors (Lipinski definition) is 1. The highest BCUT2D eigenvalue weighted by Gasteiger charge is 2.32. The lowest BCUT2D eigenvalue weighted by atomic mass is 9.87. The predicted molar refractivity (Wildman–Crippen MR) is 105 cm³/mol. The van der Waals surface area contributed by atoms with Crippen LogP contribution in [0.4, 0.5) is 0 Å². The summed E-state index contributed by atoms with van der Waals surface area (Å²) >= 11 is 6.26. The Kier molecular flexibility index (Phi) is 5.56. The third-order valence-electron chi connectivity index (χ3n) is 5.21. The lowest BCUT2D eigenvalue weighted by Gasteiger charge is -2.33. The van der Waals surface area contributed by atoms with E-state index in [1.54, 1.807) is 13.8 Å². The topological polar surface area (TPSA) is 81.2 Å². The molecule has 7 heteroatoms. The number of primary amides is 1. The zero-order valence-electron chi connectivity index (χ0n) is 15.7. The molecule has 0 spiro atoms. The van der Waals surface area contributed by atoms with E-state index >= 15 is 0 Å². The maximum atomic E-state index is 12.5. The summed E-state index contributed by atoms with van der Waals surface area (Å²) in [5, 5.41) is 5.37. The number of hydrogen-bond acceptors (Lipinski definition) is 3. The summed E-state index contributed by atoms with van der Waals surface area (Å²) in [5.41, 5.74) is 6.32. The Labute approximate surface area is 164 Å². The fraction of sp³-hybridized carbons (Fsp3) is 0.450. The van der Waals surface area contributed by atoms with E-state index < -0.39 is 11.3 Å². The summed E-state index contributed by atoms with van der Waals surface area (Å²) in [6.07, 6.45) is 3.77. The smallest absolute Gasteiger partial charge is 0.223 e. The second-order valence-corrected chi connectivity index (χ2v) is 8.10. The zero-order valence-corrected chi connectivity index (χ0v) is 16.4. The zero-order chi connectivity index (χ0) is 19.6. The Morgan fingerprint density at radius 2 is 1.89 bits per heavy atom. The molecule has 2 aromatic rings. The van der Waals surface area contributed by atoms with Crippen molar-refractivity contribution in [1.82, 2.24) is 14.7 Å². The molecule has 1 fully saturated rings. The van der Waals surface area contributed by atoms with Gasteiger partial charge in [-0.1, -0.05) is 43.6 Å². The van der Waals surface area contributed by atoms with Crippen LogP contribution in [0.5, 0.6) is 0 Å².